The lowest BCUT2D eigenvalue weighted by atomic mass is 9.91. The number of nitrogens with zero attached hydrogens (tertiary/aromatic N) is 1. The van der Waals surface area contributed by atoms with Crippen LogP contribution in [0.2, 0.25) is 0 Å². The van der Waals surface area contributed by atoms with Crippen LogP contribution in [0.25, 0.3) is 0 Å². The summed E-state index contributed by atoms with van der Waals surface area (Å²) in [5.41, 5.74) is 3.24. The van der Waals surface area contributed by atoms with Crippen molar-refractivity contribution in [3.8, 4) is 0 Å². The Balaban J connectivity index is 1.59. The van der Waals surface area contributed by atoms with Gasteiger partial charge in [-0.2, -0.15) is 5.06 Å². The predicted octanol–water partition coefficient (Wildman–Crippen LogP) is 4.31. The van der Waals surface area contributed by atoms with Gasteiger partial charge in [0.05, 0.1) is 18.6 Å². The van der Waals surface area contributed by atoms with Crippen molar-refractivity contribution in [2.75, 3.05) is 6.61 Å². The maximum atomic E-state index is 12.7. The topological polar surface area (TPSA) is 38.8 Å². The lowest BCUT2D eigenvalue weighted by Gasteiger charge is -2.30. The van der Waals surface area contributed by atoms with Gasteiger partial charge < -0.3 is 4.74 Å². The number of fused-ring (bicyclic) bond motifs is 1. The molecule has 28 heavy (non-hydrogen) atoms. The minimum absolute atomic E-state index is 0.0233. The SMILES string of the molecule is O=C1OC[C@H]2[C@H](c3ccccc3)ON(C(c3ccccc3)c3ccccc3)[C@@H]12. The number of hydrogen-bond donors (Lipinski definition) is 0. The number of hydroxylamine groups is 2. The summed E-state index contributed by atoms with van der Waals surface area (Å²) in [7, 11) is 0. The molecule has 2 fully saturated rings. The molecule has 140 valence electrons. The van der Waals surface area contributed by atoms with E-state index in [9.17, 15) is 4.79 Å². The largest absolute Gasteiger partial charge is 0.464 e. The molecule has 2 heterocycles. The van der Waals surface area contributed by atoms with Crippen LogP contribution in [-0.2, 0) is 14.4 Å². The second-order valence-electron chi connectivity index (χ2n) is 7.26. The summed E-state index contributed by atoms with van der Waals surface area (Å²) in [6.07, 6.45) is -0.201. The third-order valence-corrected chi connectivity index (χ3v) is 5.58. The Morgan fingerprint density at radius 1 is 0.786 bits per heavy atom. The fourth-order valence-corrected chi connectivity index (χ4v) is 4.28. The Labute approximate surface area is 164 Å². The van der Waals surface area contributed by atoms with Crippen LogP contribution in [-0.4, -0.2) is 23.7 Å². The Morgan fingerprint density at radius 2 is 1.32 bits per heavy atom. The third kappa shape index (κ3) is 2.91. The van der Waals surface area contributed by atoms with Crippen molar-refractivity contribution in [1.29, 1.82) is 0 Å². The molecular formula is C24H21NO3. The van der Waals surface area contributed by atoms with Gasteiger partial charge in [-0.25, -0.2) is 0 Å². The summed E-state index contributed by atoms with van der Waals surface area (Å²) in [4.78, 5) is 19.2. The number of hydrogen-bond acceptors (Lipinski definition) is 4. The van der Waals surface area contributed by atoms with Crippen molar-refractivity contribution in [2.24, 2.45) is 5.92 Å². The fourth-order valence-electron chi connectivity index (χ4n) is 4.28. The summed E-state index contributed by atoms with van der Waals surface area (Å²) in [6.45, 7) is 0.385. The molecule has 0 spiro atoms. The molecule has 5 rings (SSSR count). The summed E-state index contributed by atoms with van der Waals surface area (Å²) in [5.74, 6) is -0.231. The number of cyclic esters (lactones) is 1. The van der Waals surface area contributed by atoms with Crippen molar-refractivity contribution in [2.45, 2.75) is 18.2 Å². The molecule has 0 amide bonds. The van der Waals surface area contributed by atoms with Crippen LogP contribution in [0, 0.1) is 5.92 Å². The minimum Gasteiger partial charge on any atom is -0.464 e. The van der Waals surface area contributed by atoms with Gasteiger partial charge >= 0.3 is 5.97 Å². The van der Waals surface area contributed by atoms with Gasteiger partial charge in [0.15, 0.2) is 0 Å². The average Bonchev–Trinajstić information content (AvgIpc) is 3.32. The van der Waals surface area contributed by atoms with Gasteiger partial charge in [0.1, 0.15) is 12.1 Å². The molecule has 4 heteroatoms. The highest BCUT2D eigenvalue weighted by Gasteiger charge is 2.55. The summed E-state index contributed by atoms with van der Waals surface area (Å²) in [5, 5.41) is 1.86. The minimum atomic E-state index is -0.421. The molecule has 0 unspecified atom stereocenters. The molecule has 0 saturated carbocycles. The Hall–Kier alpha value is -2.95. The van der Waals surface area contributed by atoms with Gasteiger partial charge in [0.25, 0.3) is 0 Å². The summed E-state index contributed by atoms with van der Waals surface area (Å²) < 4.78 is 5.46. The molecule has 3 aromatic carbocycles. The molecule has 2 saturated heterocycles. The monoisotopic (exact) mass is 371 g/mol. The number of ether oxygens (including phenoxy) is 1. The predicted molar refractivity (Wildman–Crippen MR) is 105 cm³/mol. The molecule has 2 aliphatic rings. The maximum absolute atomic E-state index is 12.7. The van der Waals surface area contributed by atoms with Crippen LogP contribution in [0.15, 0.2) is 91.0 Å². The second kappa shape index (κ2) is 7.23. The van der Waals surface area contributed by atoms with Gasteiger partial charge in [-0.05, 0) is 16.7 Å². The highest BCUT2D eigenvalue weighted by atomic mass is 16.7. The van der Waals surface area contributed by atoms with E-state index in [0.717, 1.165) is 16.7 Å². The molecule has 4 nitrogen and oxygen atoms in total. The van der Waals surface area contributed by atoms with Crippen LogP contribution >= 0.6 is 0 Å². The average molecular weight is 371 g/mol. The molecule has 0 aliphatic carbocycles. The summed E-state index contributed by atoms with van der Waals surface area (Å²) >= 11 is 0. The van der Waals surface area contributed by atoms with Gasteiger partial charge in [-0.3, -0.25) is 9.63 Å². The normalized spacial score (nSPS) is 24.3. The molecule has 2 aliphatic heterocycles. The Kier molecular flexibility index (Phi) is 4.43. The Bertz CT molecular complexity index is 906. The van der Waals surface area contributed by atoms with E-state index in [2.05, 4.69) is 24.3 Å². The number of benzene rings is 3. The lowest BCUT2D eigenvalue weighted by Crippen LogP contribution is -2.38. The van der Waals surface area contributed by atoms with Gasteiger partial charge in [0, 0.05) is 0 Å². The summed E-state index contributed by atoms with van der Waals surface area (Å²) in [6, 6.07) is 29.8. The van der Waals surface area contributed by atoms with Crippen molar-refractivity contribution in [3.63, 3.8) is 0 Å². The number of carbonyl (C=O) groups is 1. The molecule has 0 radical (unpaired) electrons. The van der Waals surface area contributed by atoms with E-state index >= 15 is 0 Å². The van der Waals surface area contributed by atoms with Crippen molar-refractivity contribution in [3.05, 3.63) is 108 Å². The van der Waals surface area contributed by atoms with E-state index in [1.165, 1.54) is 0 Å². The van der Waals surface area contributed by atoms with Gasteiger partial charge in [-0.1, -0.05) is 91.0 Å². The first-order chi connectivity index (χ1) is 13.8. The third-order valence-electron chi connectivity index (χ3n) is 5.58. The lowest BCUT2D eigenvalue weighted by molar-refractivity contribution is -0.198. The molecule has 0 bridgehead atoms. The first-order valence-electron chi connectivity index (χ1n) is 9.59. The fraction of sp³-hybridized carbons (Fsp3) is 0.208. The standard InChI is InChI=1S/C24H21NO3/c26-24-22-20(16-27-24)23(19-14-8-3-9-15-19)28-25(22)21(17-10-4-1-5-11-17)18-12-6-2-7-13-18/h1-15,20-23H,16H2/t20-,22-,23+/m1/s1. The van der Waals surface area contributed by atoms with E-state index in [0.29, 0.717) is 6.61 Å². The van der Waals surface area contributed by atoms with E-state index in [4.69, 9.17) is 9.57 Å². The van der Waals surface area contributed by atoms with Gasteiger partial charge in [0.2, 0.25) is 0 Å². The van der Waals surface area contributed by atoms with E-state index in [-0.39, 0.29) is 24.0 Å². The quantitative estimate of drug-likeness (QED) is 0.641. The van der Waals surface area contributed by atoms with Crippen molar-refractivity contribution < 1.29 is 14.4 Å². The first-order valence-corrected chi connectivity index (χ1v) is 9.59. The smallest absolute Gasteiger partial charge is 0.326 e. The number of esters is 1. The van der Waals surface area contributed by atoms with Crippen LogP contribution < -0.4 is 0 Å². The first kappa shape index (κ1) is 17.2. The molecule has 0 aromatic heterocycles. The molecule has 3 aromatic rings. The molecule has 0 N–H and O–H groups in total. The molecule has 3 atom stereocenters. The molecular weight excluding hydrogens is 350 g/mol. The zero-order chi connectivity index (χ0) is 18.9. The van der Waals surface area contributed by atoms with E-state index < -0.39 is 6.04 Å². The number of rotatable bonds is 4. The van der Waals surface area contributed by atoms with Crippen molar-refractivity contribution in [1.82, 2.24) is 5.06 Å². The van der Waals surface area contributed by atoms with Crippen LogP contribution in [0.4, 0.5) is 0 Å². The highest BCUT2D eigenvalue weighted by Crippen LogP contribution is 2.47. The van der Waals surface area contributed by atoms with Crippen LogP contribution in [0.5, 0.6) is 0 Å². The number of carbonyl (C=O) groups excluding carboxylic acids is 1. The van der Waals surface area contributed by atoms with Gasteiger partial charge in [-0.15, -0.1) is 0 Å². The second-order valence-corrected chi connectivity index (χ2v) is 7.26. The van der Waals surface area contributed by atoms with E-state index in [1.54, 1.807) is 0 Å². The van der Waals surface area contributed by atoms with Crippen LogP contribution in [0.3, 0.4) is 0 Å². The van der Waals surface area contributed by atoms with Crippen LogP contribution in [0.1, 0.15) is 28.8 Å². The van der Waals surface area contributed by atoms with E-state index in [1.807, 2.05) is 71.8 Å². The Morgan fingerprint density at radius 3 is 1.89 bits per heavy atom. The van der Waals surface area contributed by atoms with Crippen molar-refractivity contribution >= 4 is 5.97 Å². The zero-order valence-electron chi connectivity index (χ0n) is 15.3. The zero-order valence-corrected chi connectivity index (χ0v) is 15.3. The maximum Gasteiger partial charge on any atom is 0.326 e. The highest BCUT2D eigenvalue weighted by molar-refractivity contribution is 5.78.